The van der Waals surface area contributed by atoms with E-state index < -0.39 is 12.1 Å². The molecular formula is C29H29N3O5. The van der Waals surface area contributed by atoms with Crippen molar-refractivity contribution in [1.29, 1.82) is 0 Å². The molecule has 2 amide bonds. The second kappa shape index (κ2) is 12.4. The molecule has 4 rings (SSSR count). The molecule has 0 fully saturated rings. The first-order valence-corrected chi connectivity index (χ1v) is 11.9. The monoisotopic (exact) mass is 499 g/mol. The first kappa shape index (κ1) is 25.5. The lowest BCUT2D eigenvalue weighted by Gasteiger charge is -2.24. The van der Waals surface area contributed by atoms with E-state index in [1.54, 1.807) is 20.2 Å². The van der Waals surface area contributed by atoms with Crippen molar-refractivity contribution in [3.8, 4) is 17.0 Å². The third kappa shape index (κ3) is 7.20. The van der Waals surface area contributed by atoms with Gasteiger partial charge in [-0.2, -0.15) is 0 Å². The minimum absolute atomic E-state index is 0.112. The number of aromatic nitrogens is 1. The van der Waals surface area contributed by atoms with Gasteiger partial charge in [0, 0.05) is 25.1 Å². The Labute approximate surface area is 215 Å². The third-order valence-electron chi connectivity index (χ3n) is 5.80. The lowest BCUT2D eigenvalue weighted by Crippen LogP contribution is -2.48. The molecule has 0 bridgehead atoms. The van der Waals surface area contributed by atoms with Crippen LogP contribution in [0.1, 0.15) is 16.9 Å². The normalized spacial score (nSPS) is 11.4. The van der Waals surface area contributed by atoms with Crippen LogP contribution in [0.2, 0.25) is 0 Å². The summed E-state index contributed by atoms with van der Waals surface area (Å²) in [6, 6.07) is 27.3. The Morgan fingerprint density at radius 1 is 0.946 bits per heavy atom. The van der Waals surface area contributed by atoms with Crippen LogP contribution in [0.5, 0.6) is 5.75 Å². The topological polar surface area (TPSA) is 93.9 Å². The number of hydrogen-bond acceptors (Lipinski definition) is 6. The van der Waals surface area contributed by atoms with Crippen LogP contribution in [0.25, 0.3) is 11.3 Å². The summed E-state index contributed by atoms with van der Waals surface area (Å²) in [4.78, 5) is 27.5. The molecule has 0 radical (unpaired) electrons. The summed E-state index contributed by atoms with van der Waals surface area (Å²) in [5.41, 5.74) is 3.30. The number of amides is 2. The van der Waals surface area contributed by atoms with Gasteiger partial charge in [-0.05, 0) is 35.4 Å². The molecule has 1 heterocycles. The van der Waals surface area contributed by atoms with Crippen LogP contribution in [0.3, 0.4) is 0 Å². The maximum atomic E-state index is 13.4. The molecule has 37 heavy (non-hydrogen) atoms. The summed E-state index contributed by atoms with van der Waals surface area (Å²) in [6.45, 7) is 0.301. The van der Waals surface area contributed by atoms with E-state index >= 15 is 0 Å². The lowest BCUT2D eigenvalue weighted by molar-refractivity contribution is -0.132. The number of carbonyl (C=O) groups excluding carboxylic acids is 2. The predicted octanol–water partition coefficient (Wildman–Crippen LogP) is 4.85. The maximum absolute atomic E-state index is 13.4. The molecular weight excluding hydrogens is 470 g/mol. The van der Waals surface area contributed by atoms with Crippen molar-refractivity contribution in [2.24, 2.45) is 0 Å². The van der Waals surface area contributed by atoms with Crippen molar-refractivity contribution in [3.05, 3.63) is 108 Å². The fraction of sp³-hybridized carbons (Fsp3) is 0.207. The van der Waals surface area contributed by atoms with E-state index in [9.17, 15) is 9.59 Å². The Bertz CT molecular complexity index is 1290. The van der Waals surface area contributed by atoms with Gasteiger partial charge in [-0.15, -0.1) is 0 Å². The Hall–Kier alpha value is -4.59. The molecule has 190 valence electrons. The highest BCUT2D eigenvalue weighted by molar-refractivity contribution is 5.85. The Balaban J connectivity index is 1.41. The third-order valence-corrected chi connectivity index (χ3v) is 5.80. The zero-order valence-corrected chi connectivity index (χ0v) is 20.8. The van der Waals surface area contributed by atoms with Gasteiger partial charge in [0.1, 0.15) is 24.1 Å². The number of methoxy groups -OCH3 is 1. The molecule has 1 atom stereocenters. The van der Waals surface area contributed by atoms with Gasteiger partial charge in [0.2, 0.25) is 5.91 Å². The molecule has 1 unspecified atom stereocenters. The average molecular weight is 500 g/mol. The van der Waals surface area contributed by atoms with Gasteiger partial charge in [0.05, 0.1) is 13.7 Å². The summed E-state index contributed by atoms with van der Waals surface area (Å²) < 4.78 is 16.0. The summed E-state index contributed by atoms with van der Waals surface area (Å²) in [5, 5.41) is 6.86. The van der Waals surface area contributed by atoms with Crippen molar-refractivity contribution in [1.82, 2.24) is 15.4 Å². The van der Waals surface area contributed by atoms with Gasteiger partial charge >= 0.3 is 6.09 Å². The first-order valence-electron chi connectivity index (χ1n) is 11.9. The van der Waals surface area contributed by atoms with Gasteiger partial charge in [-0.3, -0.25) is 4.79 Å². The smallest absolute Gasteiger partial charge is 0.408 e. The first-order chi connectivity index (χ1) is 18.0. The van der Waals surface area contributed by atoms with E-state index in [1.807, 2.05) is 84.9 Å². The van der Waals surface area contributed by atoms with Crippen LogP contribution >= 0.6 is 0 Å². The number of hydrogen-bond donors (Lipinski definition) is 1. The molecule has 4 aromatic rings. The molecule has 0 saturated carbocycles. The van der Waals surface area contributed by atoms with Crippen molar-refractivity contribution >= 4 is 12.0 Å². The van der Waals surface area contributed by atoms with Crippen LogP contribution in [-0.2, 0) is 29.1 Å². The maximum Gasteiger partial charge on any atom is 0.408 e. The van der Waals surface area contributed by atoms with Crippen LogP contribution in [-0.4, -0.2) is 42.3 Å². The quantitative estimate of drug-likeness (QED) is 0.335. The molecule has 0 saturated heterocycles. The zero-order valence-electron chi connectivity index (χ0n) is 20.8. The standard InChI is InChI=1S/C29H29N3O5/c1-32(19-25-18-26(31-37-25)23-13-15-24(35-2)16-14-23)28(33)27(17-21-9-5-3-6-10-21)30-29(34)36-20-22-11-7-4-8-12-22/h3-16,18,27H,17,19-20H2,1-2H3,(H,30,34). The molecule has 8 nitrogen and oxygen atoms in total. The van der Waals surface area contributed by atoms with E-state index in [4.69, 9.17) is 14.0 Å². The zero-order chi connectivity index (χ0) is 26.0. The largest absolute Gasteiger partial charge is 0.497 e. The number of nitrogens with zero attached hydrogens (tertiary/aromatic N) is 2. The van der Waals surface area contributed by atoms with Crippen molar-refractivity contribution < 1.29 is 23.6 Å². The summed E-state index contributed by atoms with van der Waals surface area (Å²) in [5.74, 6) is 0.992. The molecule has 8 heteroatoms. The minimum atomic E-state index is -0.820. The van der Waals surface area contributed by atoms with Crippen molar-refractivity contribution in [3.63, 3.8) is 0 Å². The fourth-order valence-corrected chi connectivity index (χ4v) is 3.82. The molecule has 0 aliphatic carbocycles. The van der Waals surface area contributed by atoms with Crippen LogP contribution in [0.15, 0.2) is 95.5 Å². The number of alkyl carbamates (subject to hydrolysis) is 1. The number of benzene rings is 3. The molecule has 1 aromatic heterocycles. The van der Waals surface area contributed by atoms with Crippen molar-refractivity contribution in [2.75, 3.05) is 14.2 Å². The number of carbonyl (C=O) groups is 2. The summed E-state index contributed by atoms with van der Waals surface area (Å²) >= 11 is 0. The van der Waals surface area contributed by atoms with Gasteiger partial charge in [0.25, 0.3) is 0 Å². The van der Waals surface area contributed by atoms with Crippen LogP contribution in [0, 0.1) is 0 Å². The van der Waals surface area contributed by atoms with Gasteiger partial charge in [-0.25, -0.2) is 4.79 Å². The number of nitrogens with one attached hydrogen (secondary N) is 1. The van der Waals surface area contributed by atoms with E-state index in [2.05, 4.69) is 10.5 Å². The second-order valence-electron chi connectivity index (χ2n) is 8.55. The van der Waals surface area contributed by atoms with Gasteiger partial charge < -0.3 is 24.2 Å². The van der Waals surface area contributed by atoms with Gasteiger partial charge in [-0.1, -0.05) is 65.8 Å². The number of ether oxygens (including phenoxy) is 2. The molecule has 1 N–H and O–H groups in total. The summed E-state index contributed by atoms with van der Waals surface area (Å²) in [6.07, 6.45) is -0.342. The van der Waals surface area contributed by atoms with E-state index in [1.165, 1.54) is 4.90 Å². The lowest BCUT2D eigenvalue weighted by atomic mass is 10.0. The van der Waals surface area contributed by atoms with E-state index in [-0.39, 0.29) is 19.1 Å². The number of rotatable bonds is 10. The second-order valence-corrected chi connectivity index (χ2v) is 8.55. The minimum Gasteiger partial charge on any atom is -0.497 e. The molecule has 3 aromatic carbocycles. The van der Waals surface area contributed by atoms with Crippen LogP contribution in [0.4, 0.5) is 4.79 Å². The number of likely N-dealkylation sites (N-methyl/N-ethyl adjacent to an activating group) is 1. The van der Waals surface area contributed by atoms with E-state index in [0.29, 0.717) is 17.9 Å². The summed E-state index contributed by atoms with van der Waals surface area (Å²) in [7, 11) is 3.27. The average Bonchev–Trinajstić information content (AvgIpc) is 3.40. The Kier molecular flexibility index (Phi) is 8.54. The van der Waals surface area contributed by atoms with Gasteiger partial charge in [0.15, 0.2) is 5.76 Å². The molecule has 0 aliphatic rings. The van der Waals surface area contributed by atoms with Crippen molar-refractivity contribution in [2.45, 2.75) is 25.6 Å². The highest BCUT2D eigenvalue weighted by atomic mass is 16.5. The van der Waals surface area contributed by atoms with Crippen LogP contribution < -0.4 is 10.1 Å². The Morgan fingerprint density at radius 3 is 2.24 bits per heavy atom. The molecule has 0 aliphatic heterocycles. The van der Waals surface area contributed by atoms with E-state index in [0.717, 1.165) is 22.4 Å². The highest BCUT2D eigenvalue weighted by Gasteiger charge is 2.26. The Morgan fingerprint density at radius 2 is 1.59 bits per heavy atom. The highest BCUT2D eigenvalue weighted by Crippen LogP contribution is 2.22. The SMILES string of the molecule is COc1ccc(-c2cc(CN(C)C(=O)C(Cc3ccccc3)NC(=O)OCc3ccccc3)on2)cc1. The fourth-order valence-electron chi connectivity index (χ4n) is 3.82. The predicted molar refractivity (Wildman–Crippen MR) is 139 cm³/mol. The molecule has 0 spiro atoms.